The van der Waals surface area contributed by atoms with E-state index in [1.807, 2.05) is 12.1 Å². The molecule has 2 N–H and O–H groups in total. The number of carbonyl (C=O) groups is 1. The molecule has 3 nitrogen and oxygen atoms in total. The van der Waals surface area contributed by atoms with E-state index in [0.29, 0.717) is 21.0 Å². The number of fused-ring (bicyclic) bond motifs is 1. The lowest BCUT2D eigenvalue weighted by molar-refractivity contribution is 0.0930. The van der Waals surface area contributed by atoms with Crippen molar-refractivity contribution in [1.29, 1.82) is 0 Å². The summed E-state index contributed by atoms with van der Waals surface area (Å²) in [5.74, 6) is -0.0866. The number of benzene rings is 1. The van der Waals surface area contributed by atoms with Crippen molar-refractivity contribution in [2.24, 2.45) is 0 Å². The number of hydrogen-bond donors (Lipinski definition) is 2. The quantitative estimate of drug-likeness (QED) is 0.863. The summed E-state index contributed by atoms with van der Waals surface area (Å²) in [7, 11) is 0. The average Bonchev–Trinajstić information content (AvgIpc) is 2.75. The Morgan fingerprint density at radius 2 is 2.24 bits per heavy atom. The molecule has 2 aromatic rings. The number of carbonyl (C=O) groups excluding carboxylic acids is 1. The predicted octanol–water partition coefficient (Wildman–Crippen LogP) is 4.08. The van der Waals surface area contributed by atoms with Gasteiger partial charge in [0.15, 0.2) is 0 Å². The maximum atomic E-state index is 12.5. The van der Waals surface area contributed by atoms with Crippen LogP contribution < -0.4 is 10.6 Å². The van der Waals surface area contributed by atoms with Crippen LogP contribution in [0.2, 0.25) is 10.0 Å². The Labute approximate surface area is 137 Å². The van der Waals surface area contributed by atoms with Crippen molar-refractivity contribution < 1.29 is 4.79 Å². The van der Waals surface area contributed by atoms with Crippen molar-refractivity contribution >= 4 is 50.5 Å². The number of rotatable bonds is 2. The van der Waals surface area contributed by atoms with Crippen LogP contribution in [0.3, 0.4) is 0 Å². The summed E-state index contributed by atoms with van der Waals surface area (Å²) in [6, 6.07) is 6.13. The van der Waals surface area contributed by atoms with Crippen LogP contribution >= 0.6 is 34.5 Å². The first kappa shape index (κ1) is 15.1. The molecule has 0 bridgehead atoms. The first-order chi connectivity index (χ1) is 10.0. The van der Waals surface area contributed by atoms with E-state index in [9.17, 15) is 4.79 Å². The van der Waals surface area contributed by atoms with E-state index in [0.717, 1.165) is 29.5 Å². The number of thiophene rings is 1. The molecule has 1 saturated heterocycles. The van der Waals surface area contributed by atoms with E-state index in [-0.39, 0.29) is 11.9 Å². The van der Waals surface area contributed by atoms with Crippen LogP contribution in [0.25, 0.3) is 10.1 Å². The third-order valence-electron chi connectivity index (χ3n) is 3.76. The summed E-state index contributed by atoms with van der Waals surface area (Å²) < 4.78 is 0.941. The summed E-state index contributed by atoms with van der Waals surface area (Å²) in [4.78, 5) is 13.0. The van der Waals surface area contributed by atoms with Crippen LogP contribution in [-0.2, 0) is 0 Å². The first-order valence-corrected chi connectivity index (χ1v) is 8.53. The summed E-state index contributed by atoms with van der Waals surface area (Å²) >= 11 is 13.7. The molecule has 21 heavy (non-hydrogen) atoms. The van der Waals surface area contributed by atoms with Crippen molar-refractivity contribution in [3.63, 3.8) is 0 Å². The fourth-order valence-corrected chi connectivity index (χ4v) is 4.40. The molecule has 1 fully saturated rings. The van der Waals surface area contributed by atoms with Gasteiger partial charge in [-0.2, -0.15) is 0 Å². The maximum Gasteiger partial charge on any atom is 0.263 e. The van der Waals surface area contributed by atoms with Gasteiger partial charge in [-0.05, 0) is 38.4 Å². The minimum atomic E-state index is -0.0866. The van der Waals surface area contributed by atoms with Crippen LogP contribution in [0.1, 0.15) is 29.4 Å². The van der Waals surface area contributed by atoms with E-state index in [2.05, 4.69) is 17.6 Å². The highest BCUT2D eigenvalue weighted by atomic mass is 35.5. The maximum absolute atomic E-state index is 12.5. The van der Waals surface area contributed by atoms with E-state index in [1.165, 1.54) is 11.3 Å². The lowest BCUT2D eigenvalue weighted by atomic mass is 10.0. The number of amides is 1. The standard InChI is InChI=1S/C15H16Cl2N2OS/c1-8-6-10(4-5-18-8)19-15(20)14-13(17)11-3-2-9(16)7-12(11)21-14/h2-3,7-8,10,18H,4-6H2,1H3,(H,19,20). The van der Waals surface area contributed by atoms with Crippen LogP contribution in [-0.4, -0.2) is 24.5 Å². The lowest BCUT2D eigenvalue weighted by Crippen LogP contribution is -2.46. The number of hydrogen-bond acceptors (Lipinski definition) is 3. The molecule has 3 rings (SSSR count). The molecule has 1 aromatic heterocycles. The smallest absolute Gasteiger partial charge is 0.263 e. The van der Waals surface area contributed by atoms with Gasteiger partial charge in [0, 0.05) is 27.2 Å². The van der Waals surface area contributed by atoms with Gasteiger partial charge in [-0.15, -0.1) is 11.3 Å². The first-order valence-electron chi connectivity index (χ1n) is 6.96. The molecule has 6 heteroatoms. The van der Waals surface area contributed by atoms with Gasteiger partial charge in [0.2, 0.25) is 0 Å². The molecule has 0 saturated carbocycles. The van der Waals surface area contributed by atoms with Crippen molar-refractivity contribution in [3.05, 3.63) is 33.1 Å². The Kier molecular flexibility index (Phi) is 4.41. The minimum absolute atomic E-state index is 0.0866. The fourth-order valence-electron chi connectivity index (χ4n) is 2.70. The van der Waals surface area contributed by atoms with Gasteiger partial charge in [-0.25, -0.2) is 0 Å². The molecule has 1 aliphatic rings. The third kappa shape index (κ3) is 3.19. The molecular weight excluding hydrogens is 327 g/mol. The highest BCUT2D eigenvalue weighted by Gasteiger charge is 2.23. The molecule has 1 aromatic carbocycles. The van der Waals surface area contributed by atoms with Crippen LogP contribution in [0, 0.1) is 0 Å². The van der Waals surface area contributed by atoms with Gasteiger partial charge in [0.25, 0.3) is 5.91 Å². The zero-order valence-corrected chi connectivity index (χ0v) is 13.9. The van der Waals surface area contributed by atoms with Gasteiger partial charge in [-0.3, -0.25) is 4.79 Å². The van der Waals surface area contributed by atoms with Crippen molar-refractivity contribution in [3.8, 4) is 0 Å². The second kappa shape index (κ2) is 6.13. The molecule has 2 heterocycles. The van der Waals surface area contributed by atoms with Gasteiger partial charge >= 0.3 is 0 Å². The van der Waals surface area contributed by atoms with Gasteiger partial charge < -0.3 is 10.6 Å². The molecule has 2 unspecified atom stereocenters. The van der Waals surface area contributed by atoms with E-state index in [1.54, 1.807) is 6.07 Å². The molecule has 112 valence electrons. The number of piperidine rings is 1. The molecular formula is C15H16Cl2N2OS. The minimum Gasteiger partial charge on any atom is -0.348 e. The summed E-state index contributed by atoms with van der Waals surface area (Å²) in [5, 5.41) is 8.53. The van der Waals surface area contributed by atoms with Crippen LogP contribution in [0.5, 0.6) is 0 Å². The number of halogens is 2. The second-order valence-corrected chi connectivity index (χ2v) is 7.30. The second-order valence-electron chi connectivity index (χ2n) is 5.44. The van der Waals surface area contributed by atoms with Gasteiger partial charge in [0.05, 0.1) is 5.02 Å². The Morgan fingerprint density at radius 3 is 3.00 bits per heavy atom. The van der Waals surface area contributed by atoms with Crippen LogP contribution in [0.4, 0.5) is 0 Å². The Morgan fingerprint density at radius 1 is 1.43 bits per heavy atom. The van der Waals surface area contributed by atoms with E-state index in [4.69, 9.17) is 23.2 Å². The topological polar surface area (TPSA) is 41.1 Å². The Bertz CT molecular complexity index is 686. The average molecular weight is 343 g/mol. The highest BCUT2D eigenvalue weighted by molar-refractivity contribution is 7.21. The summed E-state index contributed by atoms with van der Waals surface area (Å²) in [5.41, 5.74) is 0. The molecule has 1 aliphatic heterocycles. The zero-order valence-electron chi connectivity index (χ0n) is 11.6. The van der Waals surface area contributed by atoms with E-state index >= 15 is 0 Å². The summed E-state index contributed by atoms with van der Waals surface area (Å²) in [6.07, 6.45) is 1.89. The zero-order chi connectivity index (χ0) is 15.0. The molecule has 0 spiro atoms. The van der Waals surface area contributed by atoms with Crippen molar-refractivity contribution in [1.82, 2.24) is 10.6 Å². The summed E-state index contributed by atoms with van der Waals surface area (Å²) in [6.45, 7) is 3.06. The van der Waals surface area contributed by atoms with E-state index < -0.39 is 0 Å². The normalized spacial score (nSPS) is 22.4. The third-order valence-corrected chi connectivity index (χ3v) is 5.65. The van der Waals surface area contributed by atoms with Crippen molar-refractivity contribution in [2.45, 2.75) is 31.8 Å². The largest absolute Gasteiger partial charge is 0.348 e. The SMILES string of the molecule is CC1CC(NC(=O)c2sc3cc(Cl)ccc3c2Cl)CCN1. The van der Waals surface area contributed by atoms with Gasteiger partial charge in [0.1, 0.15) is 4.88 Å². The van der Waals surface area contributed by atoms with Crippen molar-refractivity contribution in [2.75, 3.05) is 6.54 Å². The molecule has 1 amide bonds. The molecule has 0 aliphatic carbocycles. The van der Waals surface area contributed by atoms with Gasteiger partial charge in [-0.1, -0.05) is 29.3 Å². The molecule has 2 atom stereocenters. The number of nitrogens with one attached hydrogen (secondary N) is 2. The monoisotopic (exact) mass is 342 g/mol. The predicted molar refractivity (Wildman–Crippen MR) is 89.8 cm³/mol. The highest BCUT2D eigenvalue weighted by Crippen LogP contribution is 2.36. The molecule has 0 radical (unpaired) electrons. The lowest BCUT2D eigenvalue weighted by Gasteiger charge is -2.28. The van der Waals surface area contributed by atoms with Crippen LogP contribution in [0.15, 0.2) is 18.2 Å². The fraction of sp³-hybridized carbons (Fsp3) is 0.400. The Hall–Kier alpha value is -0.810. The Balaban J connectivity index is 1.82.